The Morgan fingerprint density at radius 3 is 2.62 bits per heavy atom. The molecule has 0 bridgehead atoms. The molecule has 2 aromatic rings. The number of hydrogen-bond acceptors (Lipinski definition) is 8. The fourth-order valence-corrected chi connectivity index (χ4v) is 3.38. The number of nitrogens with zero attached hydrogens (tertiary/aromatic N) is 4. The first-order chi connectivity index (χ1) is 12.4. The Morgan fingerprint density at radius 1 is 1.23 bits per heavy atom. The number of morpholine rings is 1. The Bertz CT molecular complexity index is 898. The lowest BCUT2D eigenvalue weighted by Gasteiger charge is -2.29. The number of anilines is 2. The number of ether oxygens (including phenoxy) is 2. The smallest absolute Gasteiger partial charge is 0.238 e. The SMILES string of the molecule is COc1ncc(-c2c(C)ncnc2N2CCOCC2)cc1NS(C)(=O)=O. The molecule has 0 saturated carbocycles. The number of aromatic nitrogens is 3. The van der Waals surface area contributed by atoms with Crippen LogP contribution in [-0.4, -0.2) is 63.0 Å². The number of sulfonamides is 1. The van der Waals surface area contributed by atoms with Gasteiger partial charge in [0, 0.05) is 30.4 Å². The van der Waals surface area contributed by atoms with E-state index in [0.29, 0.717) is 18.8 Å². The molecule has 140 valence electrons. The zero-order chi connectivity index (χ0) is 18.7. The van der Waals surface area contributed by atoms with Crippen LogP contribution in [0.4, 0.5) is 11.5 Å². The summed E-state index contributed by atoms with van der Waals surface area (Å²) in [5, 5.41) is 0. The minimum Gasteiger partial charge on any atom is -0.480 e. The molecule has 10 heteroatoms. The third-order valence-electron chi connectivity index (χ3n) is 3.96. The number of methoxy groups -OCH3 is 1. The summed E-state index contributed by atoms with van der Waals surface area (Å²) in [4.78, 5) is 15.1. The van der Waals surface area contributed by atoms with Gasteiger partial charge >= 0.3 is 0 Å². The van der Waals surface area contributed by atoms with Gasteiger partial charge in [0.1, 0.15) is 17.8 Å². The van der Waals surface area contributed by atoms with E-state index < -0.39 is 10.0 Å². The van der Waals surface area contributed by atoms with Gasteiger partial charge in [-0.25, -0.2) is 23.4 Å². The highest BCUT2D eigenvalue weighted by Gasteiger charge is 2.21. The molecule has 26 heavy (non-hydrogen) atoms. The summed E-state index contributed by atoms with van der Waals surface area (Å²) < 4.78 is 36.3. The van der Waals surface area contributed by atoms with Gasteiger partial charge in [0.2, 0.25) is 15.9 Å². The summed E-state index contributed by atoms with van der Waals surface area (Å²) >= 11 is 0. The Balaban J connectivity index is 2.10. The fourth-order valence-electron chi connectivity index (χ4n) is 2.84. The van der Waals surface area contributed by atoms with E-state index in [1.54, 1.807) is 12.3 Å². The van der Waals surface area contributed by atoms with Crippen molar-refractivity contribution in [3.05, 3.63) is 24.3 Å². The van der Waals surface area contributed by atoms with E-state index in [1.807, 2.05) is 6.92 Å². The molecule has 1 aliphatic heterocycles. The van der Waals surface area contributed by atoms with E-state index in [9.17, 15) is 8.42 Å². The van der Waals surface area contributed by atoms with Crippen LogP contribution in [0.1, 0.15) is 5.69 Å². The van der Waals surface area contributed by atoms with Crippen LogP contribution in [0.3, 0.4) is 0 Å². The van der Waals surface area contributed by atoms with Crippen molar-refractivity contribution in [1.82, 2.24) is 15.0 Å². The summed E-state index contributed by atoms with van der Waals surface area (Å²) in [6.45, 7) is 4.59. The summed E-state index contributed by atoms with van der Waals surface area (Å²) in [6.07, 6.45) is 4.23. The summed E-state index contributed by atoms with van der Waals surface area (Å²) in [5.41, 5.74) is 2.56. The van der Waals surface area contributed by atoms with E-state index in [-0.39, 0.29) is 11.6 Å². The first-order valence-corrected chi connectivity index (χ1v) is 9.94. The maximum atomic E-state index is 11.7. The minimum atomic E-state index is -3.48. The van der Waals surface area contributed by atoms with Crippen molar-refractivity contribution >= 4 is 21.5 Å². The average Bonchev–Trinajstić information content (AvgIpc) is 2.61. The summed E-state index contributed by atoms with van der Waals surface area (Å²) in [7, 11) is -2.04. The maximum Gasteiger partial charge on any atom is 0.238 e. The van der Waals surface area contributed by atoms with Gasteiger partial charge in [-0.15, -0.1) is 0 Å². The van der Waals surface area contributed by atoms with Crippen molar-refractivity contribution in [2.45, 2.75) is 6.92 Å². The monoisotopic (exact) mass is 379 g/mol. The highest BCUT2D eigenvalue weighted by atomic mass is 32.2. The van der Waals surface area contributed by atoms with Crippen LogP contribution < -0.4 is 14.4 Å². The van der Waals surface area contributed by atoms with Crippen molar-refractivity contribution in [3.8, 4) is 17.0 Å². The lowest BCUT2D eigenvalue weighted by molar-refractivity contribution is 0.122. The first-order valence-electron chi connectivity index (χ1n) is 8.05. The predicted molar refractivity (Wildman–Crippen MR) is 98.1 cm³/mol. The molecule has 0 amide bonds. The Morgan fingerprint density at radius 2 is 1.96 bits per heavy atom. The Kier molecular flexibility index (Phi) is 5.23. The van der Waals surface area contributed by atoms with Crippen LogP contribution in [-0.2, 0) is 14.8 Å². The molecule has 1 saturated heterocycles. The van der Waals surface area contributed by atoms with Crippen LogP contribution in [0.25, 0.3) is 11.1 Å². The molecule has 0 unspecified atom stereocenters. The minimum absolute atomic E-state index is 0.196. The Labute approximate surface area is 152 Å². The molecule has 1 fully saturated rings. The Hall–Kier alpha value is -2.46. The van der Waals surface area contributed by atoms with Crippen molar-refractivity contribution in [3.63, 3.8) is 0 Å². The van der Waals surface area contributed by atoms with Gasteiger partial charge in [0.05, 0.1) is 32.3 Å². The van der Waals surface area contributed by atoms with Crippen molar-refractivity contribution in [2.24, 2.45) is 0 Å². The number of aryl methyl sites for hydroxylation is 1. The molecule has 2 aromatic heterocycles. The van der Waals surface area contributed by atoms with Crippen LogP contribution >= 0.6 is 0 Å². The van der Waals surface area contributed by atoms with Gasteiger partial charge in [0.15, 0.2) is 0 Å². The van der Waals surface area contributed by atoms with Crippen LogP contribution in [0.2, 0.25) is 0 Å². The van der Waals surface area contributed by atoms with Crippen LogP contribution in [0.5, 0.6) is 5.88 Å². The number of nitrogens with one attached hydrogen (secondary N) is 1. The molecule has 3 rings (SSSR count). The highest BCUT2D eigenvalue weighted by molar-refractivity contribution is 7.92. The maximum absolute atomic E-state index is 11.7. The molecule has 0 atom stereocenters. The molecule has 0 aromatic carbocycles. The van der Waals surface area contributed by atoms with Gasteiger partial charge < -0.3 is 14.4 Å². The van der Waals surface area contributed by atoms with Crippen molar-refractivity contribution in [2.75, 3.05) is 49.3 Å². The zero-order valence-electron chi connectivity index (χ0n) is 14.9. The fraction of sp³-hybridized carbons (Fsp3) is 0.438. The average molecular weight is 379 g/mol. The molecular weight excluding hydrogens is 358 g/mol. The van der Waals surface area contributed by atoms with Gasteiger partial charge in [0.25, 0.3) is 0 Å². The quantitative estimate of drug-likeness (QED) is 0.822. The standard InChI is InChI=1S/C16H21N5O4S/c1-11-14(15(19-10-18-11)21-4-6-25-7-5-21)12-8-13(20-26(3,22)23)16(24-2)17-9-12/h8-10,20H,4-7H2,1-3H3. The largest absolute Gasteiger partial charge is 0.480 e. The van der Waals surface area contributed by atoms with E-state index in [2.05, 4.69) is 24.6 Å². The second kappa shape index (κ2) is 7.42. The molecule has 9 nitrogen and oxygen atoms in total. The van der Waals surface area contributed by atoms with Crippen LogP contribution in [0, 0.1) is 6.92 Å². The third-order valence-corrected chi connectivity index (χ3v) is 4.55. The van der Waals surface area contributed by atoms with Gasteiger partial charge in [-0.3, -0.25) is 4.72 Å². The van der Waals surface area contributed by atoms with Gasteiger partial charge in [-0.05, 0) is 13.0 Å². The molecule has 0 aliphatic carbocycles. The lowest BCUT2D eigenvalue weighted by atomic mass is 10.1. The molecule has 0 spiro atoms. The third kappa shape index (κ3) is 4.02. The van der Waals surface area contributed by atoms with Gasteiger partial charge in [-0.2, -0.15) is 0 Å². The van der Waals surface area contributed by atoms with E-state index in [1.165, 1.54) is 13.4 Å². The molecule has 1 N–H and O–H groups in total. The first kappa shape index (κ1) is 18.3. The molecular formula is C16H21N5O4S. The van der Waals surface area contributed by atoms with Crippen molar-refractivity contribution in [1.29, 1.82) is 0 Å². The second-order valence-electron chi connectivity index (χ2n) is 5.91. The zero-order valence-corrected chi connectivity index (χ0v) is 15.7. The summed E-state index contributed by atoms with van der Waals surface area (Å²) in [5.74, 6) is 0.972. The predicted octanol–water partition coefficient (Wildman–Crippen LogP) is 1.06. The van der Waals surface area contributed by atoms with Crippen LogP contribution in [0.15, 0.2) is 18.6 Å². The topological polar surface area (TPSA) is 107 Å². The van der Waals surface area contributed by atoms with Crippen molar-refractivity contribution < 1.29 is 17.9 Å². The second-order valence-corrected chi connectivity index (χ2v) is 7.66. The molecule has 1 aliphatic rings. The van der Waals surface area contributed by atoms with Gasteiger partial charge in [-0.1, -0.05) is 0 Å². The summed E-state index contributed by atoms with van der Waals surface area (Å²) in [6, 6.07) is 1.68. The van der Waals surface area contributed by atoms with E-state index in [0.717, 1.165) is 36.4 Å². The normalized spacial score (nSPS) is 15.0. The molecule has 0 radical (unpaired) electrons. The number of rotatable bonds is 5. The van der Waals surface area contributed by atoms with E-state index >= 15 is 0 Å². The molecule has 3 heterocycles. The lowest BCUT2D eigenvalue weighted by Crippen LogP contribution is -2.37. The number of pyridine rings is 1. The number of hydrogen-bond donors (Lipinski definition) is 1. The van der Waals surface area contributed by atoms with E-state index in [4.69, 9.17) is 9.47 Å². The highest BCUT2D eigenvalue weighted by Crippen LogP contribution is 2.35.